The van der Waals surface area contributed by atoms with Crippen molar-refractivity contribution in [2.75, 3.05) is 26.7 Å². The van der Waals surface area contributed by atoms with Crippen LogP contribution in [0.1, 0.15) is 34.5 Å². The number of benzene rings is 1. The molecule has 1 N–H and O–H groups in total. The van der Waals surface area contributed by atoms with Crippen LogP contribution >= 0.6 is 11.3 Å². The van der Waals surface area contributed by atoms with Gasteiger partial charge in [-0.2, -0.15) is 0 Å². The summed E-state index contributed by atoms with van der Waals surface area (Å²) >= 11 is 1.25. The molecule has 0 radical (unpaired) electrons. The van der Waals surface area contributed by atoms with Crippen molar-refractivity contribution in [1.82, 2.24) is 9.88 Å². The second-order valence-electron chi connectivity index (χ2n) is 8.33. The van der Waals surface area contributed by atoms with Gasteiger partial charge in [-0.25, -0.2) is 4.39 Å². The number of thiophene rings is 1. The average molecular weight is 481 g/mol. The molecule has 0 aliphatic carbocycles. The van der Waals surface area contributed by atoms with E-state index in [2.05, 4.69) is 16.8 Å². The fraction of sp³-hybridized carbons (Fsp3) is 0.346. The van der Waals surface area contributed by atoms with E-state index in [1.807, 2.05) is 11.0 Å². The lowest BCUT2D eigenvalue weighted by Gasteiger charge is -2.35. The molecule has 8 heteroatoms. The lowest BCUT2D eigenvalue weighted by Crippen LogP contribution is -2.44. The molecule has 0 amide bonds. The molecule has 3 heterocycles. The number of ether oxygens (including phenoxy) is 1. The largest absolute Gasteiger partial charge is 0.497 e. The molecule has 2 atom stereocenters. The molecular weight excluding hydrogens is 455 g/mol. The molecule has 6 nitrogen and oxygen atoms in total. The molecule has 2 unspecified atom stereocenters. The summed E-state index contributed by atoms with van der Waals surface area (Å²) in [6, 6.07) is 8.51. The van der Waals surface area contributed by atoms with Crippen LogP contribution in [0.4, 0.5) is 4.39 Å². The van der Waals surface area contributed by atoms with Crippen LogP contribution in [0.3, 0.4) is 0 Å². The van der Waals surface area contributed by atoms with Gasteiger partial charge in [0.15, 0.2) is 5.78 Å². The highest BCUT2D eigenvalue weighted by molar-refractivity contribution is 7.10. The highest BCUT2D eigenvalue weighted by Crippen LogP contribution is 2.30. The second kappa shape index (κ2) is 10.8. The molecule has 4 rings (SSSR count). The standard InChI is InChI=1S/C26H25FN2O4S/c1-33-18-5-6-23-20(15-18)19(8-11-28-23)24(30)7-4-17-9-13-29(16-21(17)26(31)32)12-2-3-25-22(27)10-14-34-25/h5-6,8,10-11,14-15,17,21H,4,7,9,12-13,16H2,1H3,(H,31,32). The van der Waals surface area contributed by atoms with Crippen LogP contribution in [0, 0.1) is 29.5 Å². The number of carboxylic acids is 1. The van der Waals surface area contributed by atoms with Crippen molar-refractivity contribution in [2.24, 2.45) is 11.8 Å². The van der Waals surface area contributed by atoms with Crippen molar-refractivity contribution in [3.05, 3.63) is 58.2 Å². The first-order valence-electron chi connectivity index (χ1n) is 11.1. The Balaban J connectivity index is 1.39. The van der Waals surface area contributed by atoms with Crippen molar-refractivity contribution in [2.45, 2.75) is 19.3 Å². The van der Waals surface area contributed by atoms with Crippen molar-refractivity contribution in [1.29, 1.82) is 0 Å². The number of nitrogens with zero attached hydrogens (tertiary/aromatic N) is 2. The molecule has 34 heavy (non-hydrogen) atoms. The summed E-state index contributed by atoms with van der Waals surface area (Å²) in [5.74, 6) is 4.54. The molecule has 0 saturated carbocycles. The number of carboxylic acid groups (broad SMARTS) is 1. The number of hydrogen-bond donors (Lipinski definition) is 1. The van der Waals surface area contributed by atoms with Gasteiger partial charge >= 0.3 is 5.97 Å². The molecule has 3 aromatic rings. The third-order valence-electron chi connectivity index (χ3n) is 6.27. The third-order valence-corrected chi connectivity index (χ3v) is 7.08. The highest BCUT2D eigenvalue weighted by atomic mass is 32.1. The number of piperidine rings is 1. The average Bonchev–Trinajstić information content (AvgIpc) is 3.26. The van der Waals surface area contributed by atoms with Gasteiger partial charge in [-0.1, -0.05) is 11.8 Å². The van der Waals surface area contributed by atoms with Gasteiger partial charge in [0.1, 0.15) is 16.4 Å². The molecule has 2 aromatic heterocycles. The number of ketones is 1. The maximum atomic E-state index is 13.5. The van der Waals surface area contributed by atoms with E-state index in [0.717, 1.165) is 5.39 Å². The number of aromatic nitrogens is 1. The summed E-state index contributed by atoms with van der Waals surface area (Å²) in [5, 5.41) is 12.2. The topological polar surface area (TPSA) is 79.7 Å². The highest BCUT2D eigenvalue weighted by Gasteiger charge is 2.34. The number of Topliss-reactive ketones (excluding diaryl/α,β-unsaturated/α-hetero) is 1. The van der Waals surface area contributed by atoms with E-state index in [1.165, 1.54) is 17.4 Å². The third kappa shape index (κ3) is 5.44. The van der Waals surface area contributed by atoms with E-state index in [4.69, 9.17) is 4.74 Å². The van der Waals surface area contributed by atoms with Crippen molar-refractivity contribution >= 4 is 34.0 Å². The number of methoxy groups -OCH3 is 1. The lowest BCUT2D eigenvalue weighted by molar-refractivity contribution is -0.146. The monoisotopic (exact) mass is 480 g/mol. The Bertz CT molecular complexity index is 1260. The normalized spacial score (nSPS) is 18.3. The van der Waals surface area contributed by atoms with E-state index in [-0.39, 0.29) is 23.9 Å². The van der Waals surface area contributed by atoms with Gasteiger partial charge in [0.2, 0.25) is 0 Å². The van der Waals surface area contributed by atoms with Crippen molar-refractivity contribution < 1.29 is 23.8 Å². The van der Waals surface area contributed by atoms with E-state index >= 15 is 0 Å². The van der Waals surface area contributed by atoms with Gasteiger partial charge in [0, 0.05) is 30.1 Å². The molecule has 1 aliphatic heterocycles. The first kappa shape index (κ1) is 23.9. The lowest BCUT2D eigenvalue weighted by atomic mass is 9.81. The summed E-state index contributed by atoms with van der Waals surface area (Å²) in [6.07, 6.45) is 3.06. The summed E-state index contributed by atoms with van der Waals surface area (Å²) < 4.78 is 18.8. The molecule has 1 saturated heterocycles. The van der Waals surface area contributed by atoms with Gasteiger partial charge in [0.25, 0.3) is 0 Å². The maximum Gasteiger partial charge on any atom is 0.308 e. The molecule has 0 spiro atoms. The van der Waals surface area contributed by atoms with Crippen molar-refractivity contribution in [3.63, 3.8) is 0 Å². The summed E-state index contributed by atoms with van der Waals surface area (Å²) in [4.78, 5) is 31.7. The van der Waals surface area contributed by atoms with Gasteiger partial charge < -0.3 is 9.84 Å². The fourth-order valence-corrected chi connectivity index (χ4v) is 5.03. The van der Waals surface area contributed by atoms with E-state index in [0.29, 0.717) is 54.2 Å². The van der Waals surface area contributed by atoms with E-state index in [1.54, 1.807) is 36.9 Å². The number of aliphatic carboxylic acids is 1. The van der Waals surface area contributed by atoms with Crippen LogP contribution in [-0.2, 0) is 4.79 Å². The van der Waals surface area contributed by atoms with Gasteiger partial charge in [-0.15, -0.1) is 11.3 Å². The number of rotatable bonds is 7. The Labute approximate surface area is 201 Å². The summed E-state index contributed by atoms with van der Waals surface area (Å²) in [5.41, 5.74) is 1.29. The molecule has 1 fully saturated rings. The molecular formula is C26H25FN2O4S. The molecule has 0 bridgehead atoms. The molecule has 1 aromatic carbocycles. The predicted octanol–water partition coefficient (Wildman–Crippen LogP) is 4.48. The quantitative estimate of drug-likeness (QED) is 0.397. The Hall–Kier alpha value is -3.28. The minimum absolute atomic E-state index is 0.0314. The number of halogens is 1. The van der Waals surface area contributed by atoms with Gasteiger partial charge in [0.05, 0.1) is 25.1 Å². The van der Waals surface area contributed by atoms with Gasteiger partial charge in [-0.3, -0.25) is 19.5 Å². The first-order chi connectivity index (χ1) is 16.5. The zero-order chi connectivity index (χ0) is 24.1. The SMILES string of the molecule is COc1ccc2nccc(C(=O)CCC3CCN(CC#Cc4sccc4F)CC3C(=O)O)c2c1. The Morgan fingerprint density at radius 1 is 1.32 bits per heavy atom. The predicted molar refractivity (Wildman–Crippen MR) is 129 cm³/mol. The number of hydrogen-bond acceptors (Lipinski definition) is 6. The number of pyridine rings is 1. The maximum absolute atomic E-state index is 13.5. The second-order valence-corrected chi connectivity index (χ2v) is 9.25. The van der Waals surface area contributed by atoms with E-state index in [9.17, 15) is 19.1 Å². The van der Waals surface area contributed by atoms with Crippen LogP contribution in [0.2, 0.25) is 0 Å². The van der Waals surface area contributed by atoms with Gasteiger partial charge in [-0.05, 0) is 61.0 Å². The van der Waals surface area contributed by atoms with Crippen LogP contribution in [0.25, 0.3) is 10.9 Å². The van der Waals surface area contributed by atoms with Crippen LogP contribution in [0.5, 0.6) is 5.75 Å². The minimum atomic E-state index is -0.862. The number of carbonyl (C=O) groups excluding carboxylic acids is 1. The zero-order valence-corrected chi connectivity index (χ0v) is 19.6. The minimum Gasteiger partial charge on any atom is -0.497 e. The zero-order valence-electron chi connectivity index (χ0n) is 18.8. The Morgan fingerprint density at radius 3 is 2.91 bits per heavy atom. The Kier molecular flexibility index (Phi) is 7.56. The van der Waals surface area contributed by atoms with Crippen LogP contribution in [0.15, 0.2) is 41.9 Å². The van der Waals surface area contributed by atoms with Crippen molar-refractivity contribution in [3.8, 4) is 17.6 Å². The summed E-state index contributed by atoms with van der Waals surface area (Å²) in [7, 11) is 1.57. The summed E-state index contributed by atoms with van der Waals surface area (Å²) in [6.45, 7) is 1.45. The number of carbonyl (C=O) groups is 2. The van der Waals surface area contributed by atoms with Crippen LogP contribution < -0.4 is 4.74 Å². The molecule has 176 valence electrons. The Morgan fingerprint density at radius 2 is 2.18 bits per heavy atom. The van der Waals surface area contributed by atoms with Crippen LogP contribution in [-0.4, -0.2) is 53.5 Å². The smallest absolute Gasteiger partial charge is 0.308 e. The van der Waals surface area contributed by atoms with E-state index < -0.39 is 11.9 Å². The number of likely N-dealkylation sites (tertiary alicyclic amines) is 1. The fourth-order valence-electron chi connectivity index (χ4n) is 4.40. The first-order valence-corrected chi connectivity index (χ1v) is 12.0. The number of fused-ring (bicyclic) bond motifs is 1. The molecule has 1 aliphatic rings.